The smallest absolute Gasteiger partial charge is 0.329 e. The fourth-order valence-electron chi connectivity index (χ4n) is 6.81. The largest absolute Gasteiger partial charge is 0.497 e. The number of quaternary nitrogens is 1. The number of benzene rings is 2. The Labute approximate surface area is 287 Å². The summed E-state index contributed by atoms with van der Waals surface area (Å²) in [6.07, 6.45) is 4.96. The number of sulfonamides is 1. The van der Waals surface area contributed by atoms with E-state index in [4.69, 9.17) is 14.7 Å². The number of nitrogens with one attached hydrogen (secondary N) is 1. The van der Waals surface area contributed by atoms with Crippen molar-refractivity contribution < 1.29 is 31.3 Å². The molecule has 12 nitrogen and oxygen atoms in total. The number of carbonyl (C=O) groups excluding carboxylic acids is 1. The average molecular weight is 707 g/mol. The minimum Gasteiger partial charge on any atom is -0.497 e. The van der Waals surface area contributed by atoms with Gasteiger partial charge in [-0.25, -0.2) is 19.3 Å². The summed E-state index contributed by atoms with van der Waals surface area (Å²) in [6, 6.07) is 13.8. The molecule has 7 rings (SSSR count). The minimum atomic E-state index is -4.31. The number of carbonyl (C=O) groups is 1. The zero-order valence-electron chi connectivity index (χ0n) is 26.9. The molecule has 2 N–H and O–H groups in total. The van der Waals surface area contributed by atoms with Gasteiger partial charge in [0.05, 0.1) is 31.6 Å². The molecule has 5 aromatic rings. The van der Waals surface area contributed by atoms with E-state index in [2.05, 4.69) is 10.3 Å². The lowest BCUT2D eigenvalue weighted by Crippen LogP contribution is -2.67. The molecule has 0 spiro atoms. The zero-order chi connectivity index (χ0) is 34.2. The maximum Gasteiger partial charge on any atom is 0.329 e. The van der Waals surface area contributed by atoms with Crippen LogP contribution in [0, 0.1) is 5.82 Å². The van der Waals surface area contributed by atoms with Crippen LogP contribution in [0.1, 0.15) is 32.1 Å². The number of imidazole rings is 1. The third-order valence-corrected chi connectivity index (χ3v) is 12.6. The van der Waals surface area contributed by atoms with Gasteiger partial charge in [0.1, 0.15) is 22.2 Å². The van der Waals surface area contributed by atoms with E-state index < -0.39 is 31.9 Å². The van der Waals surface area contributed by atoms with Crippen molar-refractivity contribution in [2.24, 2.45) is 0 Å². The number of amides is 1. The summed E-state index contributed by atoms with van der Waals surface area (Å²) >= 11 is 1.51. The molecule has 0 saturated carbocycles. The first-order valence-corrected chi connectivity index (χ1v) is 18.6. The first-order chi connectivity index (χ1) is 23.7. The number of rotatable bonds is 9. The number of hydrogen-bond donors (Lipinski definition) is 2. The lowest BCUT2D eigenvalue weighted by Gasteiger charge is -2.45. The van der Waals surface area contributed by atoms with Gasteiger partial charge in [-0.2, -0.15) is 12.3 Å². The lowest BCUT2D eigenvalue weighted by molar-refractivity contribution is -0.852. The molecule has 0 radical (unpaired) electrons. The quantitative estimate of drug-likeness (QED) is 0.208. The number of thiazole rings is 1. The van der Waals surface area contributed by atoms with Gasteiger partial charge in [-0.3, -0.25) is 9.20 Å². The molecule has 1 unspecified atom stereocenters. The predicted molar refractivity (Wildman–Crippen MR) is 183 cm³/mol. The van der Waals surface area contributed by atoms with Crippen LogP contribution in [-0.2, 0) is 14.8 Å². The van der Waals surface area contributed by atoms with Crippen molar-refractivity contribution in [2.45, 2.75) is 49.3 Å². The van der Waals surface area contributed by atoms with Gasteiger partial charge >= 0.3 is 15.9 Å². The van der Waals surface area contributed by atoms with E-state index >= 15 is 0 Å². The van der Waals surface area contributed by atoms with Crippen LogP contribution < -0.4 is 10.1 Å². The fourth-order valence-corrected chi connectivity index (χ4v) is 9.46. The molecule has 1 amide bonds. The van der Waals surface area contributed by atoms with Crippen LogP contribution in [0.4, 0.5) is 10.3 Å². The van der Waals surface area contributed by atoms with Gasteiger partial charge in [-0.15, -0.1) is 11.3 Å². The molecule has 49 heavy (non-hydrogen) atoms. The van der Waals surface area contributed by atoms with Crippen molar-refractivity contribution in [3.8, 4) is 28.4 Å². The summed E-state index contributed by atoms with van der Waals surface area (Å²) in [7, 11) is -2.69. The number of nitrogens with zero attached hydrogens (tertiary/aromatic N) is 6. The van der Waals surface area contributed by atoms with Crippen molar-refractivity contribution in [1.82, 2.24) is 24.3 Å². The topological polar surface area (TPSA) is 139 Å². The number of aromatic nitrogens is 4. The number of anilines is 1. The van der Waals surface area contributed by atoms with E-state index in [0.29, 0.717) is 43.3 Å². The number of hydrogen-bond acceptors (Lipinski definition) is 10. The maximum atomic E-state index is 14.2. The fraction of sp³-hybridized carbons (Fsp3) is 0.353. The Kier molecular flexibility index (Phi) is 9.09. The molecular weight excluding hydrogens is 670 g/mol. The second kappa shape index (κ2) is 13.5. The molecule has 256 valence electrons. The standard InChI is InChI=1S/C34H37FN7O5S2/c1-47-26-7-5-6-23(22-26)29-30(41-18-21-48-34(41)39-29)28-12-15-36-33(38-28)37-25-13-19-42(20-14-25,32(44)31(43)40-16-3-2-4-17-40)49(45,46)27-10-8-24(35)9-11-27/h5-12,15,18,21-22,25,32,44H,2-4,13-14,16-17,19-20H2,1H3,(H,36,37,38)/q+1. The highest BCUT2D eigenvalue weighted by Gasteiger charge is 2.55. The van der Waals surface area contributed by atoms with Crippen LogP contribution >= 0.6 is 11.3 Å². The number of halogens is 1. The van der Waals surface area contributed by atoms with E-state index in [9.17, 15) is 22.7 Å². The SMILES string of the molecule is COc1cccc(-c2nc3sccn3c2-c2ccnc(NC3CC[N+](C(O)C(=O)N4CCCCC4)(S(=O)(=O)c4ccc(F)cc4)CC3)n2)c1. The number of piperidine rings is 2. The molecule has 2 fully saturated rings. The molecular formula is C34H37FN7O5S2+. The van der Waals surface area contributed by atoms with Crippen LogP contribution in [0.2, 0.25) is 0 Å². The highest BCUT2D eigenvalue weighted by molar-refractivity contribution is 7.86. The van der Waals surface area contributed by atoms with Crippen molar-refractivity contribution in [3.63, 3.8) is 0 Å². The summed E-state index contributed by atoms with van der Waals surface area (Å²) in [6.45, 7) is 0.851. The lowest BCUT2D eigenvalue weighted by atomic mass is 10.0. The van der Waals surface area contributed by atoms with Crippen molar-refractivity contribution in [2.75, 3.05) is 38.6 Å². The van der Waals surface area contributed by atoms with Gasteiger partial charge in [0.15, 0.2) is 4.96 Å². The van der Waals surface area contributed by atoms with Crippen molar-refractivity contribution in [1.29, 1.82) is 0 Å². The molecule has 1 atom stereocenters. The van der Waals surface area contributed by atoms with E-state index in [1.54, 1.807) is 18.2 Å². The second-order valence-electron chi connectivity index (χ2n) is 12.4. The molecule has 15 heteroatoms. The molecule has 2 aliphatic heterocycles. The number of aliphatic hydroxyl groups excluding tert-OH is 1. The predicted octanol–water partition coefficient (Wildman–Crippen LogP) is 4.78. The monoisotopic (exact) mass is 706 g/mol. The molecule has 3 aromatic heterocycles. The summed E-state index contributed by atoms with van der Waals surface area (Å²) in [4.78, 5) is 30.0. The summed E-state index contributed by atoms with van der Waals surface area (Å²) < 4.78 is 48.8. The van der Waals surface area contributed by atoms with E-state index in [1.165, 1.54) is 23.5 Å². The van der Waals surface area contributed by atoms with Gasteiger partial charge in [-0.1, -0.05) is 12.1 Å². The number of fused-ring (bicyclic) bond motifs is 1. The molecule has 2 aromatic carbocycles. The third kappa shape index (κ3) is 6.16. The summed E-state index contributed by atoms with van der Waals surface area (Å²) in [5.41, 5.74) is 3.05. The number of likely N-dealkylation sites (tertiary alicyclic amines) is 2. The molecule has 2 saturated heterocycles. The third-order valence-electron chi connectivity index (χ3n) is 9.47. The molecule has 0 bridgehead atoms. The minimum absolute atomic E-state index is 0.0457. The Bertz CT molecular complexity index is 2070. The Balaban J connectivity index is 1.16. The summed E-state index contributed by atoms with van der Waals surface area (Å²) in [5, 5.41) is 16.9. The first-order valence-electron chi connectivity index (χ1n) is 16.2. The van der Waals surface area contributed by atoms with Gasteiger partial charge < -0.3 is 20.1 Å². The van der Waals surface area contributed by atoms with Gasteiger partial charge in [0, 0.05) is 55.3 Å². The highest BCUT2D eigenvalue weighted by atomic mass is 32.2. The zero-order valence-corrected chi connectivity index (χ0v) is 28.5. The van der Waals surface area contributed by atoms with Crippen molar-refractivity contribution >= 4 is 38.2 Å². The van der Waals surface area contributed by atoms with E-state index in [-0.39, 0.29) is 24.0 Å². The van der Waals surface area contributed by atoms with Crippen LogP contribution in [-0.4, -0.2) is 93.1 Å². The van der Waals surface area contributed by atoms with Crippen LogP contribution in [0.5, 0.6) is 5.75 Å². The van der Waals surface area contributed by atoms with Gasteiger partial charge in [0.25, 0.3) is 6.23 Å². The number of aliphatic hydroxyl groups is 1. The van der Waals surface area contributed by atoms with Crippen LogP contribution in [0.15, 0.2) is 77.3 Å². The van der Waals surface area contributed by atoms with Crippen LogP contribution in [0.3, 0.4) is 0 Å². The summed E-state index contributed by atoms with van der Waals surface area (Å²) in [5.74, 6) is -0.108. The van der Waals surface area contributed by atoms with Crippen molar-refractivity contribution in [3.05, 3.63) is 78.2 Å². The molecule has 2 aliphatic rings. The highest BCUT2D eigenvalue weighted by Crippen LogP contribution is 2.36. The van der Waals surface area contributed by atoms with Gasteiger partial charge in [-0.05, 0) is 61.7 Å². The average Bonchev–Trinajstić information content (AvgIpc) is 3.74. The first kappa shape index (κ1) is 33.1. The maximum absolute atomic E-state index is 14.2. The Morgan fingerprint density at radius 3 is 2.57 bits per heavy atom. The van der Waals surface area contributed by atoms with Crippen LogP contribution in [0.25, 0.3) is 27.6 Å². The van der Waals surface area contributed by atoms with E-state index in [1.807, 2.05) is 46.3 Å². The number of ether oxygens (including phenoxy) is 1. The normalized spacial score (nSPS) is 20.6. The Morgan fingerprint density at radius 2 is 1.84 bits per heavy atom. The van der Waals surface area contributed by atoms with E-state index in [0.717, 1.165) is 53.3 Å². The Hall–Kier alpha value is -4.44. The molecule has 5 heterocycles. The second-order valence-corrected chi connectivity index (χ2v) is 15.4. The Morgan fingerprint density at radius 1 is 1.08 bits per heavy atom. The van der Waals surface area contributed by atoms with Gasteiger partial charge in [0.2, 0.25) is 5.95 Å². The molecule has 0 aliphatic carbocycles. The number of methoxy groups -OCH3 is 1.